The molecule has 2 saturated heterocycles. The molecule has 0 radical (unpaired) electrons. The Morgan fingerprint density at radius 2 is 1.41 bits per heavy atom. The third-order valence-corrected chi connectivity index (χ3v) is 6.86. The summed E-state index contributed by atoms with van der Waals surface area (Å²) in [4.78, 5) is 0. The van der Waals surface area contributed by atoms with E-state index in [0.717, 1.165) is 44.0 Å². The van der Waals surface area contributed by atoms with E-state index < -0.39 is 0 Å². The molecule has 3 unspecified atom stereocenters. The first-order valence-corrected chi connectivity index (χ1v) is 12.3. The third kappa shape index (κ3) is 5.19. The van der Waals surface area contributed by atoms with E-state index in [9.17, 15) is 0 Å². The molecule has 0 spiro atoms. The van der Waals surface area contributed by atoms with Crippen molar-refractivity contribution in [3.8, 4) is 22.6 Å². The maximum atomic E-state index is 5.99. The number of benzene rings is 3. The number of hydrogen-bond donors (Lipinski definition) is 0. The highest BCUT2D eigenvalue weighted by Gasteiger charge is 2.24. The Morgan fingerprint density at radius 3 is 2.06 bits per heavy atom. The van der Waals surface area contributed by atoms with Crippen molar-refractivity contribution in [1.29, 1.82) is 0 Å². The van der Waals surface area contributed by atoms with E-state index in [4.69, 9.17) is 18.9 Å². The van der Waals surface area contributed by atoms with Crippen LogP contribution < -0.4 is 9.47 Å². The minimum absolute atomic E-state index is 0.255. The van der Waals surface area contributed by atoms with Gasteiger partial charge in [-0.2, -0.15) is 0 Å². The lowest BCUT2D eigenvalue weighted by Gasteiger charge is -2.24. The summed E-state index contributed by atoms with van der Waals surface area (Å²) < 4.78 is 22.3. The molecule has 0 amide bonds. The van der Waals surface area contributed by atoms with Gasteiger partial charge in [-0.25, -0.2) is 0 Å². The maximum absolute atomic E-state index is 5.99. The van der Waals surface area contributed by atoms with Crippen LogP contribution in [0, 0.1) is 0 Å². The summed E-state index contributed by atoms with van der Waals surface area (Å²) in [7, 11) is 0. The third-order valence-electron chi connectivity index (χ3n) is 6.86. The molecule has 3 atom stereocenters. The highest BCUT2D eigenvalue weighted by molar-refractivity contribution is 5.82. The number of allylic oxidation sites excluding steroid dienone is 2. The van der Waals surface area contributed by atoms with Crippen molar-refractivity contribution in [2.45, 2.75) is 37.4 Å². The molecular formula is C30H30O4. The summed E-state index contributed by atoms with van der Waals surface area (Å²) in [5.74, 6) is 2.38. The number of epoxide rings is 2. The van der Waals surface area contributed by atoms with Crippen molar-refractivity contribution < 1.29 is 18.9 Å². The molecule has 0 N–H and O–H groups in total. The van der Waals surface area contributed by atoms with Gasteiger partial charge in [0.1, 0.15) is 36.9 Å². The lowest BCUT2D eigenvalue weighted by Crippen LogP contribution is -2.07. The van der Waals surface area contributed by atoms with E-state index in [1.165, 1.54) is 27.8 Å². The molecule has 2 aliphatic heterocycles. The lowest BCUT2D eigenvalue weighted by atomic mass is 9.81. The predicted molar refractivity (Wildman–Crippen MR) is 133 cm³/mol. The maximum Gasteiger partial charge on any atom is 0.120 e. The second-order valence-corrected chi connectivity index (χ2v) is 9.38. The van der Waals surface area contributed by atoms with Crippen molar-refractivity contribution in [1.82, 2.24) is 0 Å². The summed E-state index contributed by atoms with van der Waals surface area (Å²) in [6.45, 7) is 2.90. The Morgan fingerprint density at radius 1 is 0.735 bits per heavy atom. The number of rotatable bonds is 9. The van der Waals surface area contributed by atoms with E-state index in [0.29, 0.717) is 19.1 Å². The van der Waals surface area contributed by atoms with Crippen molar-refractivity contribution in [3.05, 3.63) is 90.0 Å². The SMILES string of the molecule is C1=C(c2ccc(OCC3CO3)cc2-c2ccccc2)CCC(c2ccc(OCC3CO3)cc2)C1. The molecule has 174 valence electrons. The van der Waals surface area contributed by atoms with Gasteiger partial charge in [0.2, 0.25) is 0 Å². The fourth-order valence-corrected chi connectivity index (χ4v) is 4.67. The molecule has 0 saturated carbocycles. The zero-order valence-electron chi connectivity index (χ0n) is 19.3. The van der Waals surface area contributed by atoms with E-state index >= 15 is 0 Å². The van der Waals surface area contributed by atoms with Crippen LogP contribution in [0.3, 0.4) is 0 Å². The summed E-state index contributed by atoms with van der Waals surface area (Å²) in [6, 6.07) is 25.8. The van der Waals surface area contributed by atoms with Gasteiger partial charge in [0.05, 0.1) is 13.2 Å². The Hall–Kier alpha value is -3.08. The molecule has 4 heteroatoms. The zero-order valence-corrected chi connectivity index (χ0v) is 19.3. The molecule has 6 rings (SSSR count). The monoisotopic (exact) mass is 454 g/mol. The van der Waals surface area contributed by atoms with Crippen LogP contribution in [0.25, 0.3) is 16.7 Å². The standard InChI is InChI=1S/C30H30O4/c1-2-4-23(5-3-1)30-16-26(32-18-28-20-34-28)14-15-29(30)24-8-6-21(7-9-24)22-10-12-25(13-11-22)31-17-27-19-33-27/h1-5,8,10-16,21,27-28H,6-7,9,17-20H2. The molecule has 4 nitrogen and oxygen atoms in total. The van der Waals surface area contributed by atoms with Gasteiger partial charge in [-0.05, 0) is 77.3 Å². The highest BCUT2D eigenvalue weighted by Crippen LogP contribution is 2.40. The number of ether oxygens (including phenoxy) is 4. The Labute approximate surface area is 201 Å². The van der Waals surface area contributed by atoms with Crippen LogP contribution >= 0.6 is 0 Å². The van der Waals surface area contributed by atoms with Crippen LogP contribution in [-0.4, -0.2) is 38.6 Å². The van der Waals surface area contributed by atoms with Crippen LogP contribution in [0.5, 0.6) is 11.5 Å². The second-order valence-electron chi connectivity index (χ2n) is 9.38. The van der Waals surface area contributed by atoms with Gasteiger partial charge >= 0.3 is 0 Å². The van der Waals surface area contributed by atoms with Gasteiger partial charge in [0, 0.05) is 0 Å². The fourth-order valence-electron chi connectivity index (χ4n) is 4.67. The lowest BCUT2D eigenvalue weighted by molar-refractivity contribution is 0.263. The Bertz CT molecular complexity index is 1140. The van der Waals surface area contributed by atoms with Crippen molar-refractivity contribution in [2.24, 2.45) is 0 Å². The highest BCUT2D eigenvalue weighted by atomic mass is 16.6. The molecule has 34 heavy (non-hydrogen) atoms. The minimum Gasteiger partial charge on any atom is -0.491 e. The van der Waals surface area contributed by atoms with E-state index in [-0.39, 0.29) is 12.2 Å². The second kappa shape index (κ2) is 9.65. The van der Waals surface area contributed by atoms with E-state index in [2.05, 4.69) is 78.9 Å². The van der Waals surface area contributed by atoms with Crippen molar-refractivity contribution in [3.63, 3.8) is 0 Å². The van der Waals surface area contributed by atoms with Crippen LogP contribution in [0.2, 0.25) is 0 Å². The van der Waals surface area contributed by atoms with E-state index in [1.807, 2.05) is 0 Å². The minimum atomic E-state index is 0.255. The molecule has 0 aromatic heterocycles. The average Bonchev–Trinajstić information content (AvgIpc) is 3.83. The number of hydrogen-bond acceptors (Lipinski definition) is 4. The molecule has 0 bridgehead atoms. The summed E-state index contributed by atoms with van der Waals surface area (Å²) >= 11 is 0. The molecule has 3 aromatic carbocycles. The van der Waals surface area contributed by atoms with Crippen molar-refractivity contribution in [2.75, 3.05) is 26.4 Å². The summed E-state index contributed by atoms with van der Waals surface area (Å²) in [5.41, 5.74) is 6.59. The molecule has 2 fully saturated rings. The largest absolute Gasteiger partial charge is 0.491 e. The van der Waals surface area contributed by atoms with Crippen molar-refractivity contribution >= 4 is 5.57 Å². The first-order chi connectivity index (χ1) is 16.8. The topological polar surface area (TPSA) is 43.5 Å². The molecule has 2 heterocycles. The average molecular weight is 455 g/mol. The van der Waals surface area contributed by atoms with E-state index in [1.54, 1.807) is 0 Å². The summed E-state index contributed by atoms with van der Waals surface area (Å²) in [5, 5.41) is 0. The van der Waals surface area contributed by atoms with Crippen LogP contribution in [-0.2, 0) is 9.47 Å². The van der Waals surface area contributed by atoms with Crippen LogP contribution in [0.15, 0.2) is 78.9 Å². The molecular weight excluding hydrogens is 424 g/mol. The normalized spacial score (nSPS) is 23.2. The first-order valence-electron chi connectivity index (χ1n) is 12.3. The quantitative estimate of drug-likeness (QED) is 0.358. The zero-order chi connectivity index (χ0) is 22.7. The van der Waals surface area contributed by atoms with Gasteiger partial charge in [0.15, 0.2) is 0 Å². The van der Waals surface area contributed by atoms with Gasteiger partial charge in [-0.15, -0.1) is 0 Å². The molecule has 1 aliphatic carbocycles. The smallest absolute Gasteiger partial charge is 0.120 e. The predicted octanol–water partition coefficient (Wildman–Crippen LogP) is 6.26. The fraction of sp³-hybridized carbons (Fsp3) is 0.333. The van der Waals surface area contributed by atoms with Crippen LogP contribution in [0.1, 0.15) is 36.3 Å². The first kappa shape index (κ1) is 21.5. The molecule has 3 aliphatic rings. The van der Waals surface area contributed by atoms with Gasteiger partial charge in [-0.3, -0.25) is 0 Å². The Balaban J connectivity index is 1.18. The van der Waals surface area contributed by atoms with Gasteiger partial charge in [0.25, 0.3) is 0 Å². The Kier molecular flexibility index (Phi) is 6.09. The van der Waals surface area contributed by atoms with Gasteiger partial charge < -0.3 is 18.9 Å². The summed E-state index contributed by atoms with van der Waals surface area (Å²) in [6.07, 6.45) is 6.24. The molecule has 3 aromatic rings. The van der Waals surface area contributed by atoms with Crippen LogP contribution in [0.4, 0.5) is 0 Å². The van der Waals surface area contributed by atoms with Gasteiger partial charge in [-0.1, -0.05) is 54.6 Å².